The third-order valence-corrected chi connectivity index (χ3v) is 2.53. The predicted octanol–water partition coefficient (Wildman–Crippen LogP) is 0.413. The molecule has 18 heavy (non-hydrogen) atoms. The van der Waals surface area contributed by atoms with E-state index in [1.165, 1.54) is 0 Å². The number of rotatable bonds is 6. The van der Waals surface area contributed by atoms with Gasteiger partial charge in [0.05, 0.1) is 12.6 Å². The fraction of sp³-hybridized carbons (Fsp3) is 0.462. The maximum Gasteiger partial charge on any atom is 0.237 e. The van der Waals surface area contributed by atoms with Crippen LogP contribution in [0.15, 0.2) is 24.3 Å². The molecule has 0 aliphatic heterocycles. The molecule has 5 heteroatoms. The summed E-state index contributed by atoms with van der Waals surface area (Å²) in [6, 6.07) is 5.99. The van der Waals surface area contributed by atoms with Crippen molar-refractivity contribution in [2.75, 3.05) is 13.7 Å². The highest BCUT2D eigenvalue weighted by Gasteiger charge is 2.16. The van der Waals surface area contributed by atoms with Crippen molar-refractivity contribution < 1.29 is 14.6 Å². The van der Waals surface area contributed by atoms with Gasteiger partial charge in [-0.25, -0.2) is 0 Å². The first-order valence-corrected chi connectivity index (χ1v) is 5.85. The van der Waals surface area contributed by atoms with Crippen molar-refractivity contribution in [2.24, 2.45) is 5.73 Å². The van der Waals surface area contributed by atoms with E-state index in [4.69, 9.17) is 15.6 Å². The van der Waals surface area contributed by atoms with Gasteiger partial charge in [0.1, 0.15) is 5.75 Å². The summed E-state index contributed by atoms with van der Waals surface area (Å²) in [5, 5.41) is 11.9. The van der Waals surface area contributed by atoms with E-state index in [9.17, 15) is 4.79 Å². The first kappa shape index (κ1) is 14.5. The quantitative estimate of drug-likeness (QED) is 0.684. The summed E-state index contributed by atoms with van der Waals surface area (Å²) < 4.78 is 4.93. The van der Waals surface area contributed by atoms with Gasteiger partial charge in [0.25, 0.3) is 0 Å². The van der Waals surface area contributed by atoms with Gasteiger partial charge in [0.2, 0.25) is 5.91 Å². The number of carbonyl (C=O) groups excluding carboxylic acids is 1. The smallest absolute Gasteiger partial charge is 0.237 e. The van der Waals surface area contributed by atoms with Crippen LogP contribution in [0.4, 0.5) is 0 Å². The number of hydrogen-bond acceptors (Lipinski definition) is 4. The second-order valence-electron chi connectivity index (χ2n) is 4.34. The van der Waals surface area contributed by atoms with E-state index >= 15 is 0 Å². The average Bonchev–Trinajstić information content (AvgIpc) is 2.32. The molecule has 0 aliphatic rings. The van der Waals surface area contributed by atoms with E-state index in [2.05, 4.69) is 5.32 Å². The summed E-state index contributed by atoms with van der Waals surface area (Å²) in [5.41, 5.74) is 6.73. The molecule has 0 heterocycles. The molecule has 1 rings (SSSR count). The summed E-state index contributed by atoms with van der Waals surface area (Å²) in [7, 11) is 1.58. The maximum absolute atomic E-state index is 11.8. The molecule has 2 atom stereocenters. The number of nitrogens with one attached hydrogen (secondary N) is 1. The van der Waals surface area contributed by atoms with Crippen LogP contribution in [0.25, 0.3) is 0 Å². The van der Waals surface area contributed by atoms with Crippen LogP contribution in [0.3, 0.4) is 0 Å². The van der Waals surface area contributed by atoms with Gasteiger partial charge in [-0.2, -0.15) is 0 Å². The predicted molar refractivity (Wildman–Crippen MR) is 69.3 cm³/mol. The second-order valence-corrected chi connectivity index (χ2v) is 4.34. The fourth-order valence-electron chi connectivity index (χ4n) is 1.62. The lowest BCUT2D eigenvalue weighted by Crippen LogP contribution is -2.46. The first-order chi connectivity index (χ1) is 8.52. The molecule has 0 bridgehead atoms. The van der Waals surface area contributed by atoms with Crippen molar-refractivity contribution >= 4 is 5.91 Å². The zero-order valence-electron chi connectivity index (χ0n) is 10.7. The number of phenolic OH excluding ortho intramolecular Hbond substituents is 1. The van der Waals surface area contributed by atoms with Crippen LogP contribution < -0.4 is 11.1 Å². The van der Waals surface area contributed by atoms with E-state index in [0.717, 1.165) is 5.56 Å². The lowest BCUT2D eigenvalue weighted by Gasteiger charge is -2.17. The minimum Gasteiger partial charge on any atom is -0.508 e. The van der Waals surface area contributed by atoms with Gasteiger partial charge >= 0.3 is 0 Å². The minimum absolute atomic E-state index is 0.0617. The van der Waals surface area contributed by atoms with Gasteiger partial charge in [0.15, 0.2) is 0 Å². The van der Waals surface area contributed by atoms with Gasteiger partial charge in [-0.3, -0.25) is 4.79 Å². The second kappa shape index (κ2) is 6.98. The standard InChI is InChI=1S/C13H20N2O3/c1-9(8-18-2)15-13(17)12(14)7-10-3-5-11(16)6-4-10/h3-6,9,12,16H,7-8,14H2,1-2H3,(H,15,17). The number of amides is 1. The Morgan fingerprint density at radius 2 is 2.06 bits per heavy atom. The van der Waals surface area contributed by atoms with Crippen molar-refractivity contribution in [2.45, 2.75) is 25.4 Å². The molecular weight excluding hydrogens is 232 g/mol. The zero-order valence-corrected chi connectivity index (χ0v) is 10.7. The summed E-state index contributed by atoms with van der Waals surface area (Å²) in [5.74, 6) is -0.00175. The SMILES string of the molecule is COCC(C)NC(=O)C(N)Cc1ccc(O)cc1. The average molecular weight is 252 g/mol. The normalized spacial score (nSPS) is 13.9. The number of benzene rings is 1. The Kier molecular flexibility index (Phi) is 5.61. The Bertz CT molecular complexity index is 378. The van der Waals surface area contributed by atoms with E-state index in [1.807, 2.05) is 6.92 Å². The highest BCUT2D eigenvalue weighted by molar-refractivity contribution is 5.82. The third kappa shape index (κ3) is 4.73. The molecule has 0 aliphatic carbocycles. The Morgan fingerprint density at radius 1 is 1.44 bits per heavy atom. The van der Waals surface area contributed by atoms with Crippen LogP contribution >= 0.6 is 0 Å². The van der Waals surface area contributed by atoms with E-state index in [0.29, 0.717) is 13.0 Å². The Hall–Kier alpha value is -1.59. The van der Waals surface area contributed by atoms with Crippen molar-refractivity contribution in [1.29, 1.82) is 0 Å². The van der Waals surface area contributed by atoms with Crippen molar-refractivity contribution in [3.05, 3.63) is 29.8 Å². The molecular formula is C13H20N2O3. The van der Waals surface area contributed by atoms with Gasteiger partial charge in [-0.15, -0.1) is 0 Å². The number of methoxy groups -OCH3 is 1. The number of phenols is 1. The van der Waals surface area contributed by atoms with Crippen LogP contribution in [0.5, 0.6) is 5.75 Å². The molecule has 100 valence electrons. The van der Waals surface area contributed by atoms with Crippen LogP contribution in [0.2, 0.25) is 0 Å². The molecule has 1 amide bonds. The van der Waals surface area contributed by atoms with Crippen LogP contribution in [0, 0.1) is 0 Å². The summed E-state index contributed by atoms with van der Waals surface area (Å²) in [4.78, 5) is 11.8. The third-order valence-electron chi connectivity index (χ3n) is 2.53. The van der Waals surface area contributed by atoms with Crippen LogP contribution in [0.1, 0.15) is 12.5 Å². The summed E-state index contributed by atoms with van der Waals surface area (Å²) >= 11 is 0. The van der Waals surface area contributed by atoms with Crippen LogP contribution in [-0.4, -0.2) is 36.8 Å². The Balaban J connectivity index is 2.46. The molecule has 0 saturated heterocycles. The largest absolute Gasteiger partial charge is 0.508 e. The number of ether oxygens (including phenoxy) is 1. The van der Waals surface area contributed by atoms with E-state index < -0.39 is 6.04 Å². The first-order valence-electron chi connectivity index (χ1n) is 5.85. The Labute approximate surface area is 107 Å². The molecule has 0 fully saturated rings. The highest BCUT2D eigenvalue weighted by Crippen LogP contribution is 2.10. The number of hydrogen-bond donors (Lipinski definition) is 3. The lowest BCUT2D eigenvalue weighted by molar-refractivity contribution is -0.123. The molecule has 4 N–H and O–H groups in total. The van der Waals surface area contributed by atoms with Gasteiger partial charge in [-0.1, -0.05) is 12.1 Å². The van der Waals surface area contributed by atoms with E-state index in [-0.39, 0.29) is 17.7 Å². The molecule has 1 aromatic rings. The lowest BCUT2D eigenvalue weighted by atomic mass is 10.1. The van der Waals surface area contributed by atoms with Crippen molar-refractivity contribution in [3.8, 4) is 5.75 Å². The monoisotopic (exact) mass is 252 g/mol. The number of nitrogens with two attached hydrogens (primary N) is 1. The van der Waals surface area contributed by atoms with Crippen molar-refractivity contribution in [1.82, 2.24) is 5.32 Å². The fourth-order valence-corrected chi connectivity index (χ4v) is 1.62. The van der Waals surface area contributed by atoms with Gasteiger partial charge < -0.3 is 20.9 Å². The summed E-state index contributed by atoms with van der Waals surface area (Å²) in [6.07, 6.45) is 0.436. The molecule has 0 radical (unpaired) electrons. The summed E-state index contributed by atoms with van der Waals surface area (Å²) in [6.45, 7) is 2.31. The molecule has 0 spiro atoms. The zero-order chi connectivity index (χ0) is 13.5. The topological polar surface area (TPSA) is 84.6 Å². The molecule has 0 saturated carbocycles. The molecule has 2 unspecified atom stereocenters. The maximum atomic E-state index is 11.8. The number of aromatic hydroxyl groups is 1. The minimum atomic E-state index is -0.603. The van der Waals surface area contributed by atoms with Gasteiger partial charge in [-0.05, 0) is 31.0 Å². The molecule has 1 aromatic carbocycles. The van der Waals surface area contributed by atoms with E-state index in [1.54, 1.807) is 31.4 Å². The molecule has 0 aromatic heterocycles. The number of carbonyl (C=O) groups is 1. The highest BCUT2D eigenvalue weighted by atomic mass is 16.5. The van der Waals surface area contributed by atoms with Crippen molar-refractivity contribution in [3.63, 3.8) is 0 Å². The van der Waals surface area contributed by atoms with Crippen LogP contribution in [-0.2, 0) is 16.0 Å². The Morgan fingerprint density at radius 3 is 2.61 bits per heavy atom. The van der Waals surface area contributed by atoms with Gasteiger partial charge in [0, 0.05) is 13.2 Å². The molecule has 5 nitrogen and oxygen atoms in total.